The summed E-state index contributed by atoms with van der Waals surface area (Å²) < 4.78 is 26.5. The van der Waals surface area contributed by atoms with Crippen LogP contribution >= 0.6 is 0 Å². The Kier molecular flexibility index (Phi) is 5.43. The van der Waals surface area contributed by atoms with E-state index in [1.54, 1.807) is 36.2 Å². The van der Waals surface area contributed by atoms with Gasteiger partial charge in [-0.05, 0) is 61.9 Å². The number of allylic oxidation sites excluding steroid dienone is 1. The van der Waals surface area contributed by atoms with Gasteiger partial charge in [-0.3, -0.25) is 14.6 Å². The Morgan fingerprint density at radius 1 is 1.00 bits per heavy atom. The van der Waals surface area contributed by atoms with Crippen molar-refractivity contribution >= 4 is 29.3 Å². The minimum absolute atomic E-state index is 0.243. The van der Waals surface area contributed by atoms with E-state index in [-0.39, 0.29) is 24.1 Å². The minimum Gasteiger partial charge on any atom is -0.385 e. The van der Waals surface area contributed by atoms with E-state index in [1.807, 2.05) is 18.0 Å². The molecule has 8 nitrogen and oxygen atoms in total. The number of hydrogen-bond donors (Lipinski definition) is 1. The first-order valence-corrected chi connectivity index (χ1v) is 11.0. The maximum atomic E-state index is 13.4. The van der Waals surface area contributed by atoms with Gasteiger partial charge >= 0.3 is 6.03 Å². The Balaban J connectivity index is 1.29. The molecule has 0 radical (unpaired) electrons. The normalized spacial score (nSPS) is 21.5. The average Bonchev–Trinajstić information content (AvgIpc) is 3.33. The molecule has 3 amide bonds. The molecule has 10 heteroatoms. The van der Waals surface area contributed by atoms with Crippen molar-refractivity contribution in [1.29, 1.82) is 0 Å². The third-order valence-corrected chi connectivity index (χ3v) is 6.20. The van der Waals surface area contributed by atoms with Gasteiger partial charge in [0.1, 0.15) is 11.6 Å². The number of aliphatic imine (C=N–C) groups is 1. The van der Waals surface area contributed by atoms with E-state index >= 15 is 0 Å². The van der Waals surface area contributed by atoms with Crippen LogP contribution in [0.4, 0.5) is 25.0 Å². The van der Waals surface area contributed by atoms with Crippen LogP contribution in [0.15, 0.2) is 65.4 Å². The number of anilines is 2. The standard InChI is InChI=1S/C24H24F2N6O2/c1-15-14-31-20-21(28-23(31)32(15)19-10-6-17(26)7-11-19)29(2)24(34)30(22(20)33)13-3-12-27-18-8-4-16(25)5-9-18/h4-11,14,20-21,27H,3,12-13H2,1-2H3. The number of urea groups is 1. The molecule has 3 aliphatic heterocycles. The Bertz CT molecular complexity index is 1180. The molecule has 34 heavy (non-hydrogen) atoms. The van der Waals surface area contributed by atoms with E-state index in [0.29, 0.717) is 18.9 Å². The zero-order valence-electron chi connectivity index (χ0n) is 18.8. The number of benzene rings is 2. The van der Waals surface area contributed by atoms with Crippen LogP contribution in [0.25, 0.3) is 0 Å². The molecule has 2 aromatic carbocycles. The lowest BCUT2D eigenvalue weighted by Gasteiger charge is -2.40. The van der Waals surface area contributed by atoms with Gasteiger partial charge in [-0.1, -0.05) is 0 Å². The van der Waals surface area contributed by atoms with Crippen molar-refractivity contribution in [1.82, 2.24) is 14.7 Å². The molecule has 1 saturated heterocycles. The van der Waals surface area contributed by atoms with Crippen molar-refractivity contribution < 1.29 is 18.4 Å². The van der Waals surface area contributed by atoms with Crippen LogP contribution in [0, 0.1) is 11.6 Å². The van der Waals surface area contributed by atoms with Gasteiger partial charge in [0.25, 0.3) is 5.91 Å². The van der Waals surface area contributed by atoms with E-state index in [2.05, 4.69) is 5.32 Å². The maximum Gasteiger partial charge on any atom is 0.328 e. The second-order valence-corrected chi connectivity index (χ2v) is 8.45. The number of carbonyl (C=O) groups excluding carboxylic acids is 2. The summed E-state index contributed by atoms with van der Waals surface area (Å²) in [5.41, 5.74) is 2.33. The molecule has 1 fully saturated rings. The Morgan fingerprint density at radius 2 is 1.65 bits per heavy atom. The lowest BCUT2D eigenvalue weighted by Crippen LogP contribution is -2.64. The summed E-state index contributed by atoms with van der Waals surface area (Å²) in [6, 6.07) is 11.0. The summed E-state index contributed by atoms with van der Waals surface area (Å²) in [5.74, 6) is -0.422. The molecule has 2 aromatic rings. The molecule has 2 unspecified atom stereocenters. The number of imide groups is 1. The second kappa shape index (κ2) is 8.44. The van der Waals surface area contributed by atoms with E-state index in [4.69, 9.17) is 4.99 Å². The molecule has 176 valence electrons. The fourth-order valence-corrected chi connectivity index (χ4v) is 4.51. The molecule has 3 aliphatic rings. The fraction of sp³-hybridized carbons (Fsp3) is 0.292. The molecule has 0 aromatic heterocycles. The summed E-state index contributed by atoms with van der Waals surface area (Å²) in [7, 11) is 1.64. The van der Waals surface area contributed by atoms with E-state index in [0.717, 1.165) is 17.1 Å². The average molecular weight is 466 g/mol. The summed E-state index contributed by atoms with van der Waals surface area (Å²) in [6.45, 7) is 2.65. The Hall–Kier alpha value is -3.95. The SMILES string of the molecule is CC1=CN2C(=NC3C2C(=O)N(CCCNc2ccc(F)cc2)C(=O)N3C)N1c1ccc(F)cc1. The highest BCUT2D eigenvalue weighted by molar-refractivity contribution is 6.09. The molecular weight excluding hydrogens is 442 g/mol. The van der Waals surface area contributed by atoms with Crippen LogP contribution < -0.4 is 10.2 Å². The van der Waals surface area contributed by atoms with Crippen LogP contribution in [0.5, 0.6) is 0 Å². The largest absolute Gasteiger partial charge is 0.385 e. The Labute approximate surface area is 195 Å². The molecule has 3 heterocycles. The first-order valence-electron chi connectivity index (χ1n) is 11.0. The van der Waals surface area contributed by atoms with Gasteiger partial charge in [-0.25, -0.2) is 18.6 Å². The highest BCUT2D eigenvalue weighted by Gasteiger charge is 2.54. The monoisotopic (exact) mass is 466 g/mol. The highest BCUT2D eigenvalue weighted by atomic mass is 19.1. The zero-order valence-corrected chi connectivity index (χ0v) is 18.8. The first-order chi connectivity index (χ1) is 16.3. The van der Waals surface area contributed by atoms with Gasteiger partial charge in [-0.2, -0.15) is 0 Å². The number of nitrogens with zero attached hydrogens (tertiary/aromatic N) is 5. The third kappa shape index (κ3) is 3.64. The highest BCUT2D eigenvalue weighted by Crippen LogP contribution is 2.36. The van der Waals surface area contributed by atoms with E-state index in [1.165, 1.54) is 34.1 Å². The van der Waals surface area contributed by atoms with Crippen molar-refractivity contribution in [2.75, 3.05) is 30.4 Å². The lowest BCUT2D eigenvalue weighted by molar-refractivity contribution is -0.136. The van der Waals surface area contributed by atoms with Gasteiger partial charge in [0.15, 0.2) is 12.2 Å². The number of likely N-dealkylation sites (N-methyl/N-ethyl adjacent to an activating group) is 1. The van der Waals surface area contributed by atoms with Gasteiger partial charge in [0, 0.05) is 43.4 Å². The number of nitrogens with one attached hydrogen (secondary N) is 1. The molecule has 0 aliphatic carbocycles. The van der Waals surface area contributed by atoms with Gasteiger partial charge in [-0.15, -0.1) is 0 Å². The number of halogens is 2. The lowest BCUT2D eigenvalue weighted by atomic mass is 10.1. The fourth-order valence-electron chi connectivity index (χ4n) is 4.51. The molecule has 0 spiro atoms. The van der Waals surface area contributed by atoms with E-state index < -0.39 is 18.2 Å². The minimum atomic E-state index is -0.664. The molecule has 5 rings (SSSR count). The number of carbonyl (C=O) groups is 2. The molecule has 2 atom stereocenters. The predicted octanol–water partition coefficient (Wildman–Crippen LogP) is 3.41. The van der Waals surface area contributed by atoms with Crippen LogP contribution in [0.2, 0.25) is 0 Å². The summed E-state index contributed by atoms with van der Waals surface area (Å²) >= 11 is 0. The number of fused-ring (bicyclic) bond motifs is 3. The number of amides is 3. The molecule has 1 N–H and O–H groups in total. The van der Waals surface area contributed by atoms with Crippen molar-refractivity contribution in [3.63, 3.8) is 0 Å². The second-order valence-electron chi connectivity index (χ2n) is 8.45. The number of hydrogen-bond acceptors (Lipinski definition) is 6. The molecule has 0 saturated carbocycles. The van der Waals surface area contributed by atoms with Crippen LogP contribution in [0.1, 0.15) is 13.3 Å². The van der Waals surface area contributed by atoms with Crippen molar-refractivity contribution in [3.8, 4) is 0 Å². The quantitative estimate of drug-likeness (QED) is 0.661. The zero-order chi connectivity index (χ0) is 24.0. The van der Waals surface area contributed by atoms with Crippen LogP contribution in [-0.2, 0) is 4.79 Å². The molecule has 0 bridgehead atoms. The maximum absolute atomic E-state index is 13.4. The van der Waals surface area contributed by atoms with Gasteiger partial charge in [0.2, 0.25) is 5.96 Å². The first kappa shape index (κ1) is 21.9. The van der Waals surface area contributed by atoms with Crippen molar-refractivity contribution in [2.45, 2.75) is 25.6 Å². The van der Waals surface area contributed by atoms with E-state index in [9.17, 15) is 18.4 Å². The van der Waals surface area contributed by atoms with Gasteiger partial charge in [0.05, 0.1) is 0 Å². The Morgan fingerprint density at radius 3 is 2.32 bits per heavy atom. The smallest absolute Gasteiger partial charge is 0.328 e. The molecular formula is C24H24F2N6O2. The summed E-state index contributed by atoms with van der Waals surface area (Å²) in [6.07, 6.45) is 1.73. The van der Waals surface area contributed by atoms with Gasteiger partial charge < -0.3 is 15.1 Å². The summed E-state index contributed by atoms with van der Waals surface area (Å²) in [5, 5.41) is 3.16. The van der Waals surface area contributed by atoms with Crippen molar-refractivity contribution in [3.05, 3.63) is 72.1 Å². The summed E-state index contributed by atoms with van der Waals surface area (Å²) in [4.78, 5) is 37.4. The number of guanidine groups is 1. The third-order valence-electron chi connectivity index (χ3n) is 6.20. The topological polar surface area (TPSA) is 71.5 Å². The van der Waals surface area contributed by atoms with Crippen LogP contribution in [-0.4, -0.2) is 64.9 Å². The van der Waals surface area contributed by atoms with Crippen molar-refractivity contribution in [2.24, 2.45) is 4.99 Å². The predicted molar refractivity (Wildman–Crippen MR) is 124 cm³/mol. The van der Waals surface area contributed by atoms with Crippen LogP contribution in [0.3, 0.4) is 0 Å². The number of rotatable bonds is 6.